The quantitative estimate of drug-likeness (QED) is 0.705. The summed E-state index contributed by atoms with van der Waals surface area (Å²) in [6.07, 6.45) is 11.7. The molecule has 8 nitrogen and oxygen atoms in total. The Morgan fingerprint density at radius 3 is 1.65 bits per heavy atom. The van der Waals surface area contributed by atoms with E-state index in [1.165, 1.54) is 58.7 Å². The monoisotopic (exact) mass is 274 g/mol. The lowest BCUT2D eigenvalue weighted by atomic mass is 10.5. The van der Waals surface area contributed by atoms with Crippen LogP contribution in [0.25, 0.3) is 0 Å². The normalized spacial score (nSPS) is 10.1. The zero-order valence-corrected chi connectivity index (χ0v) is 10.7. The summed E-state index contributed by atoms with van der Waals surface area (Å²) in [7, 11) is 0. The SMILES string of the molecule is NCCN(C(=O)[n+]1ccncc1)C(=O)[n+]1ccncc1. The number of imide groups is 1. The lowest BCUT2D eigenvalue weighted by Gasteiger charge is -2.10. The van der Waals surface area contributed by atoms with Crippen molar-refractivity contribution in [3.8, 4) is 0 Å². The van der Waals surface area contributed by atoms with Gasteiger partial charge >= 0.3 is 12.1 Å². The van der Waals surface area contributed by atoms with Gasteiger partial charge in [0.2, 0.25) is 0 Å². The Labute approximate surface area is 115 Å². The van der Waals surface area contributed by atoms with Gasteiger partial charge in [-0.15, -0.1) is 4.90 Å². The highest BCUT2D eigenvalue weighted by Crippen LogP contribution is 1.91. The van der Waals surface area contributed by atoms with Crippen LogP contribution in [0, 0.1) is 0 Å². The van der Waals surface area contributed by atoms with E-state index in [0.717, 1.165) is 4.90 Å². The number of nitrogens with two attached hydrogens (primary N) is 1. The summed E-state index contributed by atoms with van der Waals surface area (Å²) in [6, 6.07) is -0.987. The van der Waals surface area contributed by atoms with Crippen LogP contribution >= 0.6 is 0 Å². The van der Waals surface area contributed by atoms with Crippen molar-refractivity contribution in [1.82, 2.24) is 14.9 Å². The molecule has 2 amide bonds. The van der Waals surface area contributed by atoms with Crippen molar-refractivity contribution in [2.45, 2.75) is 0 Å². The molecule has 0 aliphatic heterocycles. The first-order chi connectivity index (χ1) is 9.74. The minimum atomic E-state index is -0.493. The maximum atomic E-state index is 12.3. The second-order valence-electron chi connectivity index (χ2n) is 3.81. The molecule has 20 heavy (non-hydrogen) atoms. The number of aromatic nitrogens is 4. The molecule has 2 rings (SSSR count). The maximum Gasteiger partial charge on any atom is 0.508 e. The van der Waals surface area contributed by atoms with E-state index in [1.54, 1.807) is 0 Å². The molecular weight excluding hydrogens is 260 g/mol. The van der Waals surface area contributed by atoms with E-state index in [1.807, 2.05) is 0 Å². The van der Waals surface area contributed by atoms with Gasteiger partial charge in [0.25, 0.3) is 0 Å². The topological polar surface area (TPSA) is 96.9 Å². The summed E-state index contributed by atoms with van der Waals surface area (Å²) in [5.41, 5.74) is 5.47. The van der Waals surface area contributed by atoms with E-state index < -0.39 is 12.1 Å². The van der Waals surface area contributed by atoms with Gasteiger partial charge in [0.05, 0.1) is 24.8 Å². The number of nitrogens with zero attached hydrogens (tertiary/aromatic N) is 5. The molecule has 0 aromatic carbocycles. The van der Waals surface area contributed by atoms with Crippen LogP contribution in [-0.4, -0.2) is 40.0 Å². The first-order valence-corrected chi connectivity index (χ1v) is 5.93. The van der Waals surface area contributed by atoms with Crippen LogP contribution in [0.3, 0.4) is 0 Å². The van der Waals surface area contributed by atoms with E-state index >= 15 is 0 Å². The van der Waals surface area contributed by atoms with Gasteiger partial charge in [-0.3, -0.25) is 9.97 Å². The standard InChI is InChI=1S/C12H14N6O2/c13-1-6-18(11(19)16-7-2-14-3-8-16)12(20)17-9-4-15-5-10-17/h2-5,7-10H,1,6,13H2/q+2. The second kappa shape index (κ2) is 6.43. The summed E-state index contributed by atoms with van der Waals surface area (Å²) in [5.74, 6) is 0. The number of carbonyl (C=O) groups excluding carboxylic acids is 2. The van der Waals surface area contributed by atoms with E-state index in [-0.39, 0.29) is 13.1 Å². The van der Waals surface area contributed by atoms with Gasteiger partial charge in [-0.1, -0.05) is 0 Å². The fourth-order valence-corrected chi connectivity index (χ4v) is 1.58. The van der Waals surface area contributed by atoms with Crippen molar-refractivity contribution in [3.63, 3.8) is 0 Å². The largest absolute Gasteiger partial charge is 0.508 e. The van der Waals surface area contributed by atoms with Crippen molar-refractivity contribution < 1.29 is 18.7 Å². The zero-order valence-electron chi connectivity index (χ0n) is 10.7. The molecule has 102 valence electrons. The summed E-state index contributed by atoms with van der Waals surface area (Å²) >= 11 is 0. The van der Waals surface area contributed by atoms with Crippen molar-refractivity contribution in [3.05, 3.63) is 49.6 Å². The van der Waals surface area contributed by atoms with Crippen molar-refractivity contribution >= 4 is 12.1 Å². The Balaban J connectivity index is 2.27. The molecule has 0 bridgehead atoms. The number of carbonyl (C=O) groups is 2. The van der Waals surface area contributed by atoms with Gasteiger partial charge in [0.15, 0.2) is 0 Å². The Morgan fingerprint density at radius 2 is 1.30 bits per heavy atom. The first kappa shape index (κ1) is 13.7. The minimum absolute atomic E-state index is 0.113. The number of hydrogen-bond donors (Lipinski definition) is 1. The number of hydrogen-bond acceptors (Lipinski definition) is 5. The highest BCUT2D eigenvalue weighted by Gasteiger charge is 2.35. The van der Waals surface area contributed by atoms with Crippen LogP contribution in [0.4, 0.5) is 9.59 Å². The fraction of sp³-hybridized carbons (Fsp3) is 0.167. The Hall–Kier alpha value is -2.74. The van der Waals surface area contributed by atoms with E-state index in [4.69, 9.17) is 5.73 Å². The van der Waals surface area contributed by atoms with E-state index in [0.29, 0.717) is 0 Å². The van der Waals surface area contributed by atoms with Gasteiger partial charge < -0.3 is 5.73 Å². The summed E-state index contributed by atoms with van der Waals surface area (Å²) in [4.78, 5) is 33.3. The molecule has 0 spiro atoms. The molecule has 0 saturated carbocycles. The first-order valence-electron chi connectivity index (χ1n) is 5.93. The Bertz CT molecular complexity index is 538. The smallest absolute Gasteiger partial charge is 0.327 e. The maximum absolute atomic E-state index is 12.3. The van der Waals surface area contributed by atoms with E-state index in [2.05, 4.69) is 9.97 Å². The minimum Gasteiger partial charge on any atom is -0.327 e. The Morgan fingerprint density at radius 1 is 0.900 bits per heavy atom. The highest BCUT2D eigenvalue weighted by atomic mass is 16.2. The van der Waals surface area contributed by atoms with Crippen LogP contribution in [0.2, 0.25) is 0 Å². The van der Waals surface area contributed by atoms with Crippen LogP contribution in [0.1, 0.15) is 0 Å². The molecule has 2 aromatic rings. The van der Waals surface area contributed by atoms with Gasteiger partial charge in [-0.05, 0) is 0 Å². The molecule has 2 N–H and O–H groups in total. The van der Waals surface area contributed by atoms with Crippen LogP contribution in [0.5, 0.6) is 0 Å². The van der Waals surface area contributed by atoms with E-state index in [9.17, 15) is 9.59 Å². The molecule has 0 fully saturated rings. The molecule has 0 radical (unpaired) electrons. The predicted octanol–water partition coefficient (Wildman–Crippen LogP) is -1.05. The molecule has 2 heterocycles. The van der Waals surface area contributed by atoms with Gasteiger partial charge in [0.1, 0.15) is 31.3 Å². The summed E-state index contributed by atoms with van der Waals surface area (Å²) in [5, 5.41) is 0. The van der Waals surface area contributed by atoms with Crippen molar-refractivity contribution in [2.75, 3.05) is 13.1 Å². The lowest BCUT2D eigenvalue weighted by Crippen LogP contribution is -2.62. The summed E-state index contributed by atoms with van der Waals surface area (Å²) in [6.45, 7) is 0.289. The molecule has 8 heteroatoms. The van der Waals surface area contributed by atoms with Gasteiger partial charge in [0, 0.05) is 6.54 Å². The molecule has 0 saturated heterocycles. The third kappa shape index (κ3) is 2.98. The predicted molar refractivity (Wildman–Crippen MR) is 66.2 cm³/mol. The second-order valence-corrected chi connectivity index (χ2v) is 3.81. The molecule has 2 aromatic heterocycles. The third-order valence-electron chi connectivity index (χ3n) is 2.51. The van der Waals surface area contributed by atoms with Gasteiger partial charge in [-0.2, -0.15) is 18.7 Å². The fourth-order valence-electron chi connectivity index (χ4n) is 1.58. The average Bonchev–Trinajstić information content (AvgIpc) is 2.53. The molecular formula is C12H14N6O2+2. The van der Waals surface area contributed by atoms with Crippen LogP contribution in [-0.2, 0) is 0 Å². The lowest BCUT2D eigenvalue weighted by molar-refractivity contribution is -0.595. The molecule has 0 unspecified atom stereocenters. The van der Waals surface area contributed by atoms with Crippen molar-refractivity contribution in [2.24, 2.45) is 5.73 Å². The molecule has 0 aliphatic rings. The van der Waals surface area contributed by atoms with Crippen LogP contribution in [0.15, 0.2) is 49.6 Å². The van der Waals surface area contributed by atoms with Crippen molar-refractivity contribution in [1.29, 1.82) is 0 Å². The van der Waals surface area contributed by atoms with Gasteiger partial charge in [-0.25, -0.2) is 0 Å². The molecule has 0 atom stereocenters. The molecule has 0 aliphatic carbocycles. The zero-order chi connectivity index (χ0) is 14.4. The highest BCUT2D eigenvalue weighted by molar-refractivity contribution is 5.84. The average molecular weight is 274 g/mol. The third-order valence-corrected chi connectivity index (χ3v) is 2.51. The number of amides is 2. The summed E-state index contributed by atoms with van der Waals surface area (Å²) < 4.78 is 2.53. The van der Waals surface area contributed by atoms with Crippen LogP contribution < -0.4 is 14.9 Å². The Kier molecular flexibility index (Phi) is 4.40. The number of rotatable bonds is 2.